The molecule has 4 heteroatoms. The van der Waals surface area contributed by atoms with Gasteiger partial charge in [-0.3, -0.25) is 0 Å². The van der Waals surface area contributed by atoms with Crippen molar-refractivity contribution in [2.24, 2.45) is 0 Å². The first-order valence-corrected chi connectivity index (χ1v) is 8.03. The molecular weight excluding hydrogens is 296 g/mol. The topological polar surface area (TPSA) is 33.3 Å². The number of hydrogen-bond donors (Lipinski definition) is 2. The van der Waals surface area contributed by atoms with Crippen LogP contribution in [0.1, 0.15) is 18.9 Å². The molecule has 0 radical (unpaired) electrons. The highest BCUT2D eigenvalue weighted by Gasteiger charge is 1.98. The van der Waals surface area contributed by atoms with Gasteiger partial charge in [-0.1, -0.05) is 30.7 Å². The predicted molar refractivity (Wildman–Crippen MR) is 95.4 cm³/mol. The smallest absolute Gasteiger partial charge is 0.121 e. The number of aryl methyl sites for hydroxylation is 1. The average molecular weight is 319 g/mol. The van der Waals surface area contributed by atoms with Crippen molar-refractivity contribution in [1.82, 2.24) is 0 Å². The highest BCUT2D eigenvalue weighted by molar-refractivity contribution is 6.31. The van der Waals surface area contributed by atoms with E-state index in [0.29, 0.717) is 0 Å². The maximum absolute atomic E-state index is 6.11. The number of anilines is 2. The molecule has 0 bridgehead atoms. The van der Waals surface area contributed by atoms with Gasteiger partial charge in [0.15, 0.2) is 0 Å². The standard InChI is InChI=1S/C18H23ClN2O/c1-3-11-22-17-6-4-5-15(12-17)20-9-10-21-16-8-7-14(2)18(19)13-16/h4-8,12-13,20-21H,3,9-11H2,1-2H3. The quantitative estimate of drug-likeness (QED) is 0.675. The van der Waals surface area contributed by atoms with Gasteiger partial charge in [-0.2, -0.15) is 0 Å². The molecule has 0 unspecified atom stereocenters. The van der Waals surface area contributed by atoms with Gasteiger partial charge < -0.3 is 15.4 Å². The van der Waals surface area contributed by atoms with Gasteiger partial charge in [0.05, 0.1) is 6.61 Å². The van der Waals surface area contributed by atoms with Crippen molar-refractivity contribution in [2.45, 2.75) is 20.3 Å². The lowest BCUT2D eigenvalue weighted by Gasteiger charge is -2.11. The van der Waals surface area contributed by atoms with Crippen LogP contribution in [0.4, 0.5) is 11.4 Å². The summed E-state index contributed by atoms with van der Waals surface area (Å²) in [5.74, 6) is 0.908. The van der Waals surface area contributed by atoms with E-state index in [1.807, 2.05) is 49.4 Å². The van der Waals surface area contributed by atoms with Crippen LogP contribution in [-0.4, -0.2) is 19.7 Å². The Morgan fingerprint density at radius 2 is 1.73 bits per heavy atom. The first-order valence-electron chi connectivity index (χ1n) is 7.66. The lowest BCUT2D eigenvalue weighted by molar-refractivity contribution is 0.317. The van der Waals surface area contributed by atoms with E-state index in [0.717, 1.165) is 53.8 Å². The van der Waals surface area contributed by atoms with Gasteiger partial charge in [0.1, 0.15) is 5.75 Å². The predicted octanol–water partition coefficient (Wildman–Crippen LogP) is 4.96. The van der Waals surface area contributed by atoms with Crippen molar-refractivity contribution in [3.05, 3.63) is 53.1 Å². The van der Waals surface area contributed by atoms with Gasteiger partial charge in [0.25, 0.3) is 0 Å². The summed E-state index contributed by atoms with van der Waals surface area (Å²) < 4.78 is 5.63. The molecule has 0 fully saturated rings. The van der Waals surface area contributed by atoms with Crippen LogP contribution in [-0.2, 0) is 0 Å². The van der Waals surface area contributed by atoms with Crippen LogP contribution in [0, 0.1) is 6.92 Å². The number of nitrogens with one attached hydrogen (secondary N) is 2. The van der Waals surface area contributed by atoms with Crippen LogP contribution in [0.3, 0.4) is 0 Å². The van der Waals surface area contributed by atoms with E-state index in [4.69, 9.17) is 16.3 Å². The van der Waals surface area contributed by atoms with E-state index in [1.54, 1.807) is 0 Å². The molecule has 0 aliphatic heterocycles. The highest BCUT2D eigenvalue weighted by atomic mass is 35.5. The van der Waals surface area contributed by atoms with Crippen molar-refractivity contribution >= 4 is 23.0 Å². The molecule has 0 atom stereocenters. The van der Waals surface area contributed by atoms with Gasteiger partial charge in [-0.05, 0) is 43.2 Å². The van der Waals surface area contributed by atoms with Gasteiger partial charge in [0, 0.05) is 35.6 Å². The van der Waals surface area contributed by atoms with Crippen LogP contribution in [0.2, 0.25) is 5.02 Å². The summed E-state index contributed by atoms with van der Waals surface area (Å²) in [6.45, 7) is 6.49. The van der Waals surface area contributed by atoms with Crippen LogP contribution in [0.25, 0.3) is 0 Å². The van der Waals surface area contributed by atoms with Gasteiger partial charge in [0.2, 0.25) is 0 Å². The molecule has 0 heterocycles. The number of hydrogen-bond acceptors (Lipinski definition) is 3. The second-order valence-electron chi connectivity index (χ2n) is 5.19. The third-order valence-electron chi connectivity index (χ3n) is 3.26. The molecule has 0 amide bonds. The Labute approximate surface area is 137 Å². The van der Waals surface area contributed by atoms with Crippen molar-refractivity contribution in [1.29, 1.82) is 0 Å². The molecular formula is C18H23ClN2O. The zero-order chi connectivity index (χ0) is 15.8. The minimum atomic E-state index is 0.749. The molecule has 2 aromatic rings. The first-order chi connectivity index (χ1) is 10.7. The van der Waals surface area contributed by atoms with E-state index >= 15 is 0 Å². The Bertz CT molecular complexity index is 601. The van der Waals surface area contributed by atoms with Gasteiger partial charge >= 0.3 is 0 Å². The molecule has 0 aromatic heterocycles. The fraction of sp³-hybridized carbons (Fsp3) is 0.333. The Hall–Kier alpha value is -1.87. The largest absolute Gasteiger partial charge is 0.494 e. The monoisotopic (exact) mass is 318 g/mol. The number of halogens is 1. The molecule has 0 aliphatic rings. The molecule has 22 heavy (non-hydrogen) atoms. The Morgan fingerprint density at radius 3 is 2.41 bits per heavy atom. The van der Waals surface area contributed by atoms with E-state index in [-0.39, 0.29) is 0 Å². The van der Waals surface area contributed by atoms with Crippen LogP contribution in [0.15, 0.2) is 42.5 Å². The minimum absolute atomic E-state index is 0.749. The zero-order valence-electron chi connectivity index (χ0n) is 13.2. The summed E-state index contributed by atoms with van der Waals surface area (Å²) in [4.78, 5) is 0. The SMILES string of the molecule is CCCOc1cccc(NCCNc2ccc(C)c(Cl)c2)c1. The molecule has 0 saturated heterocycles. The molecule has 118 valence electrons. The second-order valence-corrected chi connectivity index (χ2v) is 5.60. The van der Waals surface area contributed by atoms with Crippen LogP contribution >= 0.6 is 11.6 Å². The molecule has 3 nitrogen and oxygen atoms in total. The third kappa shape index (κ3) is 5.15. The van der Waals surface area contributed by atoms with E-state index in [2.05, 4.69) is 17.6 Å². The highest BCUT2D eigenvalue weighted by Crippen LogP contribution is 2.20. The second kappa shape index (κ2) is 8.54. The van der Waals surface area contributed by atoms with Crippen molar-refractivity contribution < 1.29 is 4.74 Å². The lowest BCUT2D eigenvalue weighted by atomic mass is 10.2. The van der Waals surface area contributed by atoms with E-state index in [1.165, 1.54) is 0 Å². The summed E-state index contributed by atoms with van der Waals surface area (Å²) in [6, 6.07) is 14.1. The zero-order valence-corrected chi connectivity index (χ0v) is 13.9. The van der Waals surface area contributed by atoms with Crippen LogP contribution in [0.5, 0.6) is 5.75 Å². The molecule has 0 saturated carbocycles. The minimum Gasteiger partial charge on any atom is -0.494 e. The number of ether oxygens (including phenoxy) is 1. The fourth-order valence-electron chi connectivity index (χ4n) is 2.03. The summed E-state index contributed by atoms with van der Waals surface area (Å²) >= 11 is 6.11. The molecule has 0 aliphatic carbocycles. The van der Waals surface area contributed by atoms with E-state index in [9.17, 15) is 0 Å². The molecule has 2 rings (SSSR count). The molecule has 2 N–H and O–H groups in total. The van der Waals surface area contributed by atoms with Crippen molar-refractivity contribution in [3.8, 4) is 5.75 Å². The number of rotatable bonds is 8. The molecule has 0 spiro atoms. The first kappa shape index (κ1) is 16.5. The average Bonchev–Trinajstić information content (AvgIpc) is 2.53. The van der Waals surface area contributed by atoms with E-state index < -0.39 is 0 Å². The van der Waals surface area contributed by atoms with Crippen LogP contribution < -0.4 is 15.4 Å². The van der Waals surface area contributed by atoms with Crippen molar-refractivity contribution in [3.63, 3.8) is 0 Å². The summed E-state index contributed by atoms with van der Waals surface area (Å²) in [5, 5.41) is 7.53. The normalized spacial score (nSPS) is 10.3. The van der Waals surface area contributed by atoms with Crippen molar-refractivity contribution in [2.75, 3.05) is 30.3 Å². The Morgan fingerprint density at radius 1 is 1.00 bits per heavy atom. The molecule has 2 aromatic carbocycles. The summed E-state index contributed by atoms with van der Waals surface area (Å²) in [5.41, 5.74) is 3.20. The maximum Gasteiger partial charge on any atom is 0.121 e. The summed E-state index contributed by atoms with van der Waals surface area (Å²) in [7, 11) is 0. The Kier molecular flexibility index (Phi) is 6.41. The van der Waals surface area contributed by atoms with Gasteiger partial charge in [-0.15, -0.1) is 0 Å². The summed E-state index contributed by atoms with van der Waals surface area (Å²) in [6.07, 6.45) is 1.01. The fourth-order valence-corrected chi connectivity index (χ4v) is 2.21. The lowest BCUT2D eigenvalue weighted by Crippen LogP contribution is -2.13. The van der Waals surface area contributed by atoms with Gasteiger partial charge in [-0.25, -0.2) is 0 Å². The number of benzene rings is 2. The Balaban J connectivity index is 1.77. The maximum atomic E-state index is 6.11. The third-order valence-corrected chi connectivity index (χ3v) is 3.67.